The van der Waals surface area contributed by atoms with Gasteiger partial charge in [-0.15, -0.1) is 0 Å². The number of hydrogen-bond donors (Lipinski definition) is 0. The van der Waals surface area contributed by atoms with Crippen molar-refractivity contribution in [1.82, 2.24) is 5.06 Å². The molecule has 1 aromatic rings. The highest BCUT2D eigenvalue weighted by Crippen LogP contribution is 2.03. The van der Waals surface area contributed by atoms with E-state index in [2.05, 4.69) is 31.2 Å². The molecule has 0 heterocycles. The summed E-state index contributed by atoms with van der Waals surface area (Å²) in [5.41, 5.74) is 1.29. The van der Waals surface area contributed by atoms with Crippen LogP contribution in [0.5, 0.6) is 0 Å². The molecule has 0 aliphatic carbocycles. The van der Waals surface area contributed by atoms with Gasteiger partial charge in [0.1, 0.15) is 0 Å². The Morgan fingerprint density at radius 3 is 2.53 bits per heavy atom. The monoisotopic (exact) mass is 207 g/mol. The summed E-state index contributed by atoms with van der Waals surface area (Å²) in [6.45, 7) is 3.89. The summed E-state index contributed by atoms with van der Waals surface area (Å²) in [6.07, 6.45) is 3.64. The second-order valence-electron chi connectivity index (χ2n) is 3.81. The summed E-state index contributed by atoms with van der Waals surface area (Å²) < 4.78 is 0. The normalized spacial score (nSPS) is 10.9. The topological polar surface area (TPSA) is 12.5 Å². The Bertz CT molecular complexity index is 248. The first-order valence-corrected chi connectivity index (χ1v) is 5.71. The predicted octanol–water partition coefficient (Wildman–Crippen LogP) is 3.24. The van der Waals surface area contributed by atoms with E-state index in [1.54, 1.807) is 0 Å². The molecule has 0 aliphatic rings. The molecular weight excluding hydrogens is 186 g/mol. The summed E-state index contributed by atoms with van der Waals surface area (Å²) in [4.78, 5) is 5.58. The number of unbranched alkanes of at least 4 members (excludes halogenated alkanes) is 2. The molecule has 15 heavy (non-hydrogen) atoms. The quantitative estimate of drug-likeness (QED) is 0.502. The standard InChI is InChI=1S/C13H21NO/c1-3-4-8-11-15-14(2)12-13-9-6-5-7-10-13/h5-7,9-10H,3-4,8,11-12H2,1-2H3. The zero-order valence-corrected chi connectivity index (χ0v) is 9.78. The van der Waals surface area contributed by atoms with Gasteiger partial charge in [-0.2, -0.15) is 5.06 Å². The maximum atomic E-state index is 5.58. The van der Waals surface area contributed by atoms with Gasteiger partial charge in [-0.1, -0.05) is 50.1 Å². The largest absolute Gasteiger partial charge is 0.299 e. The molecule has 0 bridgehead atoms. The van der Waals surface area contributed by atoms with Gasteiger partial charge in [0.15, 0.2) is 0 Å². The number of benzene rings is 1. The van der Waals surface area contributed by atoms with Gasteiger partial charge in [-0.25, -0.2) is 0 Å². The first kappa shape index (κ1) is 12.2. The van der Waals surface area contributed by atoms with Crippen LogP contribution < -0.4 is 0 Å². The third kappa shape index (κ3) is 5.55. The molecule has 1 rings (SSSR count). The van der Waals surface area contributed by atoms with Gasteiger partial charge in [0, 0.05) is 13.6 Å². The van der Waals surface area contributed by atoms with Crippen LogP contribution in [0.4, 0.5) is 0 Å². The van der Waals surface area contributed by atoms with E-state index in [9.17, 15) is 0 Å². The highest BCUT2D eigenvalue weighted by Gasteiger charge is 1.99. The number of hydrogen-bond acceptors (Lipinski definition) is 2. The van der Waals surface area contributed by atoms with E-state index in [4.69, 9.17) is 4.84 Å². The first-order valence-electron chi connectivity index (χ1n) is 5.71. The first-order chi connectivity index (χ1) is 7.33. The molecule has 0 amide bonds. The minimum atomic E-state index is 0.831. The summed E-state index contributed by atoms with van der Waals surface area (Å²) >= 11 is 0. The van der Waals surface area contributed by atoms with E-state index < -0.39 is 0 Å². The zero-order valence-electron chi connectivity index (χ0n) is 9.78. The lowest BCUT2D eigenvalue weighted by molar-refractivity contribution is -0.147. The van der Waals surface area contributed by atoms with Gasteiger partial charge >= 0.3 is 0 Å². The molecule has 0 unspecified atom stereocenters. The molecule has 0 atom stereocenters. The van der Waals surface area contributed by atoms with E-state index in [1.165, 1.54) is 18.4 Å². The summed E-state index contributed by atoms with van der Waals surface area (Å²) in [7, 11) is 1.99. The van der Waals surface area contributed by atoms with E-state index in [1.807, 2.05) is 18.2 Å². The number of hydroxylamine groups is 2. The number of rotatable bonds is 7. The molecule has 1 aromatic carbocycles. The molecular formula is C13H21NO. The lowest BCUT2D eigenvalue weighted by Gasteiger charge is -2.16. The van der Waals surface area contributed by atoms with Crippen LogP contribution in [-0.4, -0.2) is 18.7 Å². The van der Waals surface area contributed by atoms with Crippen molar-refractivity contribution in [2.24, 2.45) is 0 Å². The Balaban J connectivity index is 2.16. The molecule has 0 saturated carbocycles. The van der Waals surface area contributed by atoms with Crippen molar-refractivity contribution in [2.45, 2.75) is 32.7 Å². The van der Waals surface area contributed by atoms with Crippen LogP contribution in [0.15, 0.2) is 30.3 Å². The Labute approximate surface area is 92.8 Å². The van der Waals surface area contributed by atoms with Crippen LogP contribution >= 0.6 is 0 Å². The molecule has 0 saturated heterocycles. The van der Waals surface area contributed by atoms with Crippen LogP contribution in [0.3, 0.4) is 0 Å². The lowest BCUT2D eigenvalue weighted by Crippen LogP contribution is -2.18. The van der Waals surface area contributed by atoms with Gasteiger partial charge in [0.2, 0.25) is 0 Å². The van der Waals surface area contributed by atoms with Crippen molar-refractivity contribution in [3.63, 3.8) is 0 Å². The highest BCUT2D eigenvalue weighted by atomic mass is 16.7. The minimum absolute atomic E-state index is 0.831. The Hall–Kier alpha value is -0.860. The van der Waals surface area contributed by atoms with E-state index in [0.29, 0.717) is 0 Å². The molecule has 2 heteroatoms. The Kier molecular flexibility index (Phi) is 6.05. The highest BCUT2D eigenvalue weighted by molar-refractivity contribution is 5.13. The van der Waals surface area contributed by atoms with E-state index >= 15 is 0 Å². The molecule has 0 spiro atoms. The smallest absolute Gasteiger partial charge is 0.0685 e. The average Bonchev–Trinajstić information content (AvgIpc) is 2.26. The minimum Gasteiger partial charge on any atom is -0.299 e. The third-order valence-corrected chi connectivity index (χ3v) is 2.31. The van der Waals surface area contributed by atoms with Crippen LogP contribution in [0, 0.1) is 0 Å². The second kappa shape index (κ2) is 7.43. The SMILES string of the molecule is CCCCCON(C)Cc1ccccc1. The fourth-order valence-corrected chi connectivity index (χ4v) is 1.46. The molecule has 0 aliphatic heterocycles. The van der Waals surface area contributed by atoms with Crippen LogP contribution in [-0.2, 0) is 11.4 Å². The second-order valence-corrected chi connectivity index (χ2v) is 3.81. The molecule has 2 nitrogen and oxygen atoms in total. The van der Waals surface area contributed by atoms with Crippen molar-refractivity contribution in [1.29, 1.82) is 0 Å². The van der Waals surface area contributed by atoms with Gasteiger partial charge < -0.3 is 0 Å². The van der Waals surface area contributed by atoms with Gasteiger partial charge in [0.05, 0.1) is 6.61 Å². The third-order valence-electron chi connectivity index (χ3n) is 2.31. The van der Waals surface area contributed by atoms with Crippen molar-refractivity contribution in [3.8, 4) is 0 Å². The molecule has 0 fully saturated rings. The van der Waals surface area contributed by atoms with Crippen molar-refractivity contribution in [2.75, 3.05) is 13.7 Å². The van der Waals surface area contributed by atoms with Crippen LogP contribution in [0.1, 0.15) is 31.7 Å². The Morgan fingerprint density at radius 1 is 1.13 bits per heavy atom. The van der Waals surface area contributed by atoms with Gasteiger partial charge in [0.25, 0.3) is 0 Å². The van der Waals surface area contributed by atoms with Gasteiger partial charge in [-0.05, 0) is 12.0 Å². The van der Waals surface area contributed by atoms with Crippen LogP contribution in [0.25, 0.3) is 0 Å². The lowest BCUT2D eigenvalue weighted by atomic mass is 10.2. The van der Waals surface area contributed by atoms with Crippen molar-refractivity contribution >= 4 is 0 Å². The fourth-order valence-electron chi connectivity index (χ4n) is 1.46. The summed E-state index contributed by atoms with van der Waals surface area (Å²) in [5.74, 6) is 0. The van der Waals surface area contributed by atoms with E-state index in [0.717, 1.165) is 19.6 Å². The Morgan fingerprint density at radius 2 is 1.87 bits per heavy atom. The van der Waals surface area contributed by atoms with Crippen LogP contribution in [0.2, 0.25) is 0 Å². The maximum absolute atomic E-state index is 5.58. The number of nitrogens with zero attached hydrogens (tertiary/aromatic N) is 1. The van der Waals surface area contributed by atoms with Crippen molar-refractivity contribution in [3.05, 3.63) is 35.9 Å². The van der Waals surface area contributed by atoms with E-state index in [-0.39, 0.29) is 0 Å². The molecule has 84 valence electrons. The summed E-state index contributed by atoms with van der Waals surface area (Å²) in [6, 6.07) is 10.4. The van der Waals surface area contributed by atoms with Gasteiger partial charge in [-0.3, -0.25) is 4.84 Å². The molecule has 0 N–H and O–H groups in total. The maximum Gasteiger partial charge on any atom is 0.0685 e. The van der Waals surface area contributed by atoms with Crippen molar-refractivity contribution < 1.29 is 4.84 Å². The zero-order chi connectivity index (χ0) is 10.9. The predicted molar refractivity (Wildman–Crippen MR) is 63.4 cm³/mol. The average molecular weight is 207 g/mol. The molecule has 0 aromatic heterocycles. The fraction of sp³-hybridized carbons (Fsp3) is 0.538. The molecule has 0 radical (unpaired) electrons. The summed E-state index contributed by atoms with van der Waals surface area (Å²) in [5, 5.41) is 1.91.